The first kappa shape index (κ1) is 16.8. The fraction of sp³-hybridized carbons (Fsp3) is 0.812. The van der Waals surface area contributed by atoms with Crippen LogP contribution in [0.5, 0.6) is 0 Å². The highest BCUT2D eigenvalue weighted by Crippen LogP contribution is 2.42. The number of nitrogens with zero attached hydrogens (tertiary/aromatic N) is 1. The van der Waals surface area contributed by atoms with Crippen LogP contribution in [-0.2, 0) is 19.1 Å². The summed E-state index contributed by atoms with van der Waals surface area (Å²) in [6.07, 6.45) is 2.99. The number of fused-ring (bicyclic) bond motifs is 1. The molecule has 1 saturated carbocycles. The molecule has 124 valence electrons. The van der Waals surface area contributed by atoms with Crippen LogP contribution in [0.1, 0.15) is 47.0 Å². The number of carbonyl (C=O) groups is 3. The third kappa shape index (κ3) is 3.42. The Bertz CT molecular complexity index is 469. The van der Waals surface area contributed by atoms with Gasteiger partial charge in [0.05, 0.1) is 6.61 Å². The minimum atomic E-state index is -0.651. The highest BCUT2D eigenvalue weighted by atomic mass is 16.5. The third-order valence-electron chi connectivity index (χ3n) is 4.36. The van der Waals surface area contributed by atoms with Crippen molar-refractivity contribution in [2.75, 3.05) is 13.2 Å². The molecule has 1 aliphatic heterocycles. The molecule has 22 heavy (non-hydrogen) atoms. The van der Waals surface area contributed by atoms with Crippen LogP contribution in [0.4, 0.5) is 0 Å². The fourth-order valence-electron chi connectivity index (χ4n) is 3.57. The fourth-order valence-corrected chi connectivity index (χ4v) is 3.57. The molecular weight excluding hydrogens is 284 g/mol. The molecule has 1 heterocycles. The quantitative estimate of drug-likeness (QED) is 0.612. The zero-order chi connectivity index (χ0) is 16.5. The summed E-state index contributed by atoms with van der Waals surface area (Å²) < 4.78 is 5.13. The molecule has 1 saturated heterocycles. The van der Waals surface area contributed by atoms with E-state index in [0.717, 1.165) is 19.3 Å². The van der Waals surface area contributed by atoms with Gasteiger partial charge in [-0.05, 0) is 52.4 Å². The summed E-state index contributed by atoms with van der Waals surface area (Å²) in [5.74, 6) is -1.22. The van der Waals surface area contributed by atoms with E-state index in [1.165, 1.54) is 4.90 Å². The first-order valence-corrected chi connectivity index (χ1v) is 8.04. The van der Waals surface area contributed by atoms with Gasteiger partial charge in [-0.1, -0.05) is 6.42 Å². The molecule has 1 N–H and O–H groups in total. The molecule has 2 aliphatic rings. The maximum Gasteiger partial charge on any atom is 0.329 e. The Labute approximate surface area is 131 Å². The van der Waals surface area contributed by atoms with Crippen LogP contribution in [-0.4, -0.2) is 47.4 Å². The normalized spacial score (nSPS) is 27.5. The first-order valence-electron chi connectivity index (χ1n) is 8.04. The molecule has 0 aromatic carbocycles. The first-order chi connectivity index (χ1) is 10.2. The van der Waals surface area contributed by atoms with Crippen molar-refractivity contribution in [3.8, 4) is 0 Å². The number of esters is 1. The van der Waals surface area contributed by atoms with E-state index < -0.39 is 23.4 Å². The third-order valence-corrected chi connectivity index (χ3v) is 4.36. The van der Waals surface area contributed by atoms with Gasteiger partial charge in [0.2, 0.25) is 0 Å². The van der Waals surface area contributed by atoms with Gasteiger partial charge < -0.3 is 15.0 Å². The number of ether oxygens (including phenoxy) is 1. The molecule has 1 unspecified atom stereocenters. The van der Waals surface area contributed by atoms with Crippen molar-refractivity contribution in [1.82, 2.24) is 10.2 Å². The molecule has 6 nitrogen and oxygen atoms in total. The van der Waals surface area contributed by atoms with Crippen molar-refractivity contribution in [2.24, 2.45) is 11.8 Å². The molecule has 2 rings (SSSR count). The molecular formula is C16H26N2O4. The SMILES string of the molecule is CCOC(=O)[C@@H]1C2CCC[C@H]2CN1C(=O)C(=O)NC(C)(C)C. The average molecular weight is 310 g/mol. The predicted octanol–water partition coefficient (Wildman–Crippen LogP) is 1.09. The summed E-state index contributed by atoms with van der Waals surface area (Å²) >= 11 is 0. The minimum Gasteiger partial charge on any atom is -0.464 e. The largest absolute Gasteiger partial charge is 0.464 e. The van der Waals surface area contributed by atoms with Crippen molar-refractivity contribution in [1.29, 1.82) is 0 Å². The number of rotatable bonds is 2. The lowest BCUT2D eigenvalue weighted by atomic mass is 9.94. The Hall–Kier alpha value is -1.59. The van der Waals surface area contributed by atoms with Gasteiger partial charge in [0.1, 0.15) is 6.04 Å². The van der Waals surface area contributed by atoms with E-state index in [9.17, 15) is 14.4 Å². The predicted molar refractivity (Wildman–Crippen MR) is 80.9 cm³/mol. The summed E-state index contributed by atoms with van der Waals surface area (Å²) in [5, 5.41) is 2.67. The summed E-state index contributed by atoms with van der Waals surface area (Å²) in [5.41, 5.74) is -0.484. The van der Waals surface area contributed by atoms with Crippen molar-refractivity contribution in [3.63, 3.8) is 0 Å². The van der Waals surface area contributed by atoms with Gasteiger partial charge in [0.15, 0.2) is 0 Å². The maximum atomic E-state index is 12.5. The van der Waals surface area contributed by atoms with E-state index in [2.05, 4.69) is 5.32 Å². The van der Waals surface area contributed by atoms with Crippen LogP contribution in [0.15, 0.2) is 0 Å². The summed E-state index contributed by atoms with van der Waals surface area (Å²) in [6.45, 7) is 7.96. The van der Waals surface area contributed by atoms with Gasteiger partial charge in [-0.2, -0.15) is 0 Å². The highest BCUT2D eigenvalue weighted by molar-refractivity contribution is 6.35. The molecule has 1 aliphatic carbocycles. The summed E-state index contributed by atoms with van der Waals surface area (Å²) in [7, 11) is 0. The lowest BCUT2D eigenvalue weighted by Gasteiger charge is -2.27. The van der Waals surface area contributed by atoms with Crippen LogP contribution >= 0.6 is 0 Å². The summed E-state index contributed by atoms with van der Waals surface area (Å²) in [4.78, 5) is 38.3. The molecule has 0 radical (unpaired) electrons. The van der Waals surface area contributed by atoms with Crippen LogP contribution in [0.3, 0.4) is 0 Å². The molecule has 0 spiro atoms. The molecule has 6 heteroatoms. The number of likely N-dealkylation sites (tertiary alicyclic amines) is 1. The van der Waals surface area contributed by atoms with Gasteiger partial charge in [-0.3, -0.25) is 9.59 Å². The van der Waals surface area contributed by atoms with Crippen molar-refractivity contribution >= 4 is 17.8 Å². The average Bonchev–Trinajstić information content (AvgIpc) is 2.95. The molecule has 2 amide bonds. The Morgan fingerprint density at radius 2 is 1.91 bits per heavy atom. The lowest BCUT2D eigenvalue weighted by Crippen LogP contribution is -2.53. The number of hydrogen-bond donors (Lipinski definition) is 1. The zero-order valence-corrected chi connectivity index (χ0v) is 13.8. The Kier molecular flexibility index (Phi) is 4.78. The standard InChI is InChI=1S/C16H26N2O4/c1-5-22-15(21)12-11-8-6-7-10(11)9-18(12)14(20)13(19)17-16(2,3)4/h10-12H,5-9H2,1-4H3,(H,17,19)/t10-,11?,12-/m0/s1. The molecule has 0 bridgehead atoms. The topological polar surface area (TPSA) is 75.7 Å². The molecule has 2 fully saturated rings. The van der Waals surface area contributed by atoms with Crippen LogP contribution in [0.2, 0.25) is 0 Å². The molecule has 0 aromatic rings. The smallest absolute Gasteiger partial charge is 0.329 e. The maximum absolute atomic E-state index is 12.5. The highest BCUT2D eigenvalue weighted by Gasteiger charge is 2.51. The van der Waals surface area contributed by atoms with E-state index in [4.69, 9.17) is 4.74 Å². The van der Waals surface area contributed by atoms with Crippen molar-refractivity contribution < 1.29 is 19.1 Å². The second-order valence-electron chi connectivity index (χ2n) is 7.21. The van der Waals surface area contributed by atoms with Crippen LogP contribution < -0.4 is 5.32 Å². The number of hydrogen-bond acceptors (Lipinski definition) is 4. The minimum absolute atomic E-state index is 0.130. The van der Waals surface area contributed by atoms with Gasteiger partial charge >= 0.3 is 17.8 Å². The van der Waals surface area contributed by atoms with E-state index in [1.54, 1.807) is 6.92 Å². The van der Waals surface area contributed by atoms with E-state index in [0.29, 0.717) is 12.5 Å². The number of nitrogens with one attached hydrogen (secondary N) is 1. The molecule has 3 atom stereocenters. The number of amides is 2. The van der Waals surface area contributed by atoms with E-state index >= 15 is 0 Å². The zero-order valence-electron chi connectivity index (χ0n) is 13.8. The van der Waals surface area contributed by atoms with Crippen molar-refractivity contribution in [2.45, 2.75) is 58.5 Å². The van der Waals surface area contributed by atoms with Gasteiger partial charge in [-0.15, -0.1) is 0 Å². The van der Waals surface area contributed by atoms with Gasteiger partial charge in [0, 0.05) is 12.1 Å². The second-order valence-corrected chi connectivity index (χ2v) is 7.21. The van der Waals surface area contributed by atoms with Gasteiger partial charge in [-0.25, -0.2) is 4.79 Å². The Balaban J connectivity index is 2.15. The van der Waals surface area contributed by atoms with E-state index in [-0.39, 0.29) is 18.5 Å². The van der Waals surface area contributed by atoms with Crippen LogP contribution in [0.25, 0.3) is 0 Å². The van der Waals surface area contributed by atoms with Crippen LogP contribution in [0, 0.1) is 11.8 Å². The summed E-state index contributed by atoms with van der Waals surface area (Å²) in [6, 6.07) is -0.606. The Morgan fingerprint density at radius 1 is 1.23 bits per heavy atom. The molecule has 0 aromatic heterocycles. The van der Waals surface area contributed by atoms with Crippen molar-refractivity contribution in [3.05, 3.63) is 0 Å². The lowest BCUT2D eigenvalue weighted by molar-refractivity contribution is -0.157. The van der Waals surface area contributed by atoms with E-state index in [1.807, 2.05) is 20.8 Å². The Morgan fingerprint density at radius 3 is 2.50 bits per heavy atom. The van der Waals surface area contributed by atoms with Gasteiger partial charge in [0.25, 0.3) is 0 Å². The monoisotopic (exact) mass is 310 g/mol. The second kappa shape index (κ2) is 6.26. The number of carbonyl (C=O) groups excluding carboxylic acids is 3.